The summed E-state index contributed by atoms with van der Waals surface area (Å²) in [5.41, 5.74) is 3.24. The van der Waals surface area contributed by atoms with Gasteiger partial charge in [0.1, 0.15) is 31.1 Å². The van der Waals surface area contributed by atoms with Crippen LogP contribution in [0.5, 0.6) is 5.75 Å². The van der Waals surface area contributed by atoms with Gasteiger partial charge >= 0.3 is 18.2 Å². The van der Waals surface area contributed by atoms with Gasteiger partial charge in [0.25, 0.3) is 0 Å². The monoisotopic (exact) mass is 961 g/mol. The first-order valence-electron chi connectivity index (χ1n) is 23.3. The molecule has 6 rings (SSSR count). The lowest BCUT2D eigenvalue weighted by Gasteiger charge is -2.43. The number of carbonyl (C=O) groups excluding carboxylic acids is 7. The van der Waals surface area contributed by atoms with Crippen molar-refractivity contribution in [3.63, 3.8) is 0 Å². The summed E-state index contributed by atoms with van der Waals surface area (Å²) in [4.78, 5) is 96.9. The van der Waals surface area contributed by atoms with Gasteiger partial charge in [-0.15, -0.1) is 0 Å². The van der Waals surface area contributed by atoms with E-state index in [0.29, 0.717) is 72.3 Å². The van der Waals surface area contributed by atoms with Crippen molar-refractivity contribution in [2.24, 2.45) is 0 Å². The summed E-state index contributed by atoms with van der Waals surface area (Å²) in [5.74, 6) is -0.286. The van der Waals surface area contributed by atoms with Gasteiger partial charge < -0.3 is 50.6 Å². The van der Waals surface area contributed by atoms with E-state index in [-0.39, 0.29) is 43.6 Å². The maximum Gasteiger partial charge on any atom is 0.415 e. The highest BCUT2D eigenvalue weighted by Crippen LogP contribution is 2.43. The Bertz CT molecular complexity index is 2500. The Morgan fingerprint density at radius 3 is 2.00 bits per heavy atom. The minimum absolute atomic E-state index is 0.0400. The molecule has 0 unspecified atom stereocenters. The zero-order chi connectivity index (χ0) is 50.5. The third kappa shape index (κ3) is 14.2. The van der Waals surface area contributed by atoms with Gasteiger partial charge in [0.2, 0.25) is 23.6 Å². The smallest absolute Gasteiger partial charge is 0.415 e. The topological polar surface area (TPSA) is 220 Å². The van der Waals surface area contributed by atoms with Crippen molar-refractivity contribution in [1.29, 1.82) is 0 Å². The van der Waals surface area contributed by atoms with Crippen molar-refractivity contribution in [3.05, 3.63) is 108 Å². The molecule has 0 aromatic heterocycles. The third-order valence-electron chi connectivity index (χ3n) is 11.6. The SMILES string of the molecule is CCC(=O)N1c2ccccc2[C@H](N(C(=O)OCc2ccc(NC(=O)CNC(=O)OC(C)(C)C)cc2)c2ccc(NC(=O)CNC(=O)Nc3ccc(OCCN4CCN(C)C(=O)[C@H]4C)cc3)cc2)C[C@@H]1C. The number of amides is 8. The van der Waals surface area contributed by atoms with Crippen LogP contribution in [0.4, 0.5) is 42.8 Å². The summed E-state index contributed by atoms with van der Waals surface area (Å²) in [5, 5.41) is 13.1. The summed E-state index contributed by atoms with van der Waals surface area (Å²) in [6.45, 7) is 12.5. The number of benzene rings is 4. The number of nitrogens with zero attached hydrogens (tertiary/aromatic N) is 4. The molecule has 2 aliphatic heterocycles. The molecule has 0 bridgehead atoms. The van der Waals surface area contributed by atoms with Gasteiger partial charge in [-0.05, 0) is 119 Å². The van der Waals surface area contributed by atoms with E-state index in [4.69, 9.17) is 14.2 Å². The molecule has 4 aromatic rings. The number of hydrogen-bond acceptors (Lipinski definition) is 11. The number of para-hydroxylation sites is 1. The first-order chi connectivity index (χ1) is 33.4. The average molecular weight is 962 g/mol. The van der Waals surface area contributed by atoms with Gasteiger partial charge in [-0.3, -0.25) is 29.0 Å². The standard InChI is InChI=1S/C51H63N9O10/c1-8-46(63)59-33(2)29-43(41-11-9-10-12-42(41)59)60(50(67)69-32-35-13-15-36(16-14-35)54-45(62)31-53-49(66)70-51(4,5)6)39-21-17-37(18-22-39)55-44(61)30-52-48(65)56-38-19-23-40(24-20-38)68-28-27-58-26-25-57(7)47(64)34(58)3/h9-24,33-34,43H,8,25-32H2,1-7H3,(H,53,66)(H,54,62)(H,55,61)(H2,52,56,65)/t33-,34+,43+/m0/s1. The largest absolute Gasteiger partial charge is 0.492 e. The number of carbonyl (C=O) groups is 7. The predicted octanol–water partition coefficient (Wildman–Crippen LogP) is 6.87. The Morgan fingerprint density at radius 2 is 1.36 bits per heavy atom. The van der Waals surface area contributed by atoms with Crippen LogP contribution in [-0.4, -0.2) is 116 Å². The fourth-order valence-electron chi connectivity index (χ4n) is 8.08. The maximum atomic E-state index is 14.3. The first kappa shape index (κ1) is 51.7. The molecule has 70 heavy (non-hydrogen) atoms. The van der Waals surface area contributed by atoms with Gasteiger partial charge in [-0.2, -0.15) is 0 Å². The summed E-state index contributed by atoms with van der Waals surface area (Å²) < 4.78 is 17.0. The van der Waals surface area contributed by atoms with Crippen LogP contribution in [0.25, 0.3) is 0 Å². The molecule has 2 aliphatic rings. The molecule has 3 atom stereocenters. The summed E-state index contributed by atoms with van der Waals surface area (Å²) in [7, 11) is 1.80. The van der Waals surface area contributed by atoms with Crippen molar-refractivity contribution >= 4 is 70.3 Å². The summed E-state index contributed by atoms with van der Waals surface area (Å²) >= 11 is 0. The van der Waals surface area contributed by atoms with Crippen LogP contribution in [0.3, 0.4) is 0 Å². The molecule has 8 amide bonds. The zero-order valence-corrected chi connectivity index (χ0v) is 40.7. The van der Waals surface area contributed by atoms with E-state index in [1.54, 1.807) is 115 Å². The van der Waals surface area contributed by atoms with Crippen LogP contribution in [0, 0.1) is 0 Å². The van der Waals surface area contributed by atoms with E-state index < -0.39 is 41.7 Å². The van der Waals surface area contributed by atoms with Crippen molar-refractivity contribution < 1.29 is 47.8 Å². The molecule has 0 spiro atoms. The maximum absolute atomic E-state index is 14.3. The Balaban J connectivity index is 1.05. The Kier molecular flexibility index (Phi) is 17.4. The molecule has 0 radical (unpaired) electrons. The second-order valence-corrected chi connectivity index (χ2v) is 18.0. The minimum Gasteiger partial charge on any atom is -0.492 e. The lowest BCUT2D eigenvalue weighted by Crippen LogP contribution is -2.55. The molecule has 0 saturated carbocycles. The van der Waals surface area contributed by atoms with E-state index >= 15 is 0 Å². The highest BCUT2D eigenvalue weighted by molar-refractivity contribution is 5.99. The molecule has 19 nitrogen and oxygen atoms in total. The summed E-state index contributed by atoms with van der Waals surface area (Å²) in [6.07, 6.45) is -0.657. The number of rotatable bonds is 16. The van der Waals surface area contributed by atoms with Crippen molar-refractivity contribution in [2.75, 3.05) is 72.1 Å². The lowest BCUT2D eigenvalue weighted by atomic mass is 9.90. The van der Waals surface area contributed by atoms with Gasteiger partial charge in [0.15, 0.2) is 0 Å². The number of hydrogen-bond donors (Lipinski definition) is 5. The molecular weight excluding hydrogens is 899 g/mol. The van der Waals surface area contributed by atoms with E-state index in [2.05, 4.69) is 31.5 Å². The molecule has 372 valence electrons. The fourth-order valence-corrected chi connectivity index (χ4v) is 8.08. The molecule has 5 N–H and O–H groups in total. The van der Waals surface area contributed by atoms with E-state index in [1.807, 2.05) is 45.0 Å². The van der Waals surface area contributed by atoms with Crippen LogP contribution in [-0.2, 0) is 35.3 Å². The Hall–Kier alpha value is -7.67. The van der Waals surface area contributed by atoms with Crippen molar-refractivity contribution in [1.82, 2.24) is 20.4 Å². The number of urea groups is 1. The number of piperazine rings is 1. The highest BCUT2D eigenvalue weighted by atomic mass is 16.6. The van der Waals surface area contributed by atoms with Crippen molar-refractivity contribution in [2.45, 2.75) is 84.7 Å². The Morgan fingerprint density at radius 1 is 0.757 bits per heavy atom. The average Bonchev–Trinajstić information content (AvgIpc) is 3.33. The quantitative estimate of drug-likeness (QED) is 0.0780. The number of anilines is 5. The van der Waals surface area contributed by atoms with Crippen LogP contribution in [0.15, 0.2) is 97.1 Å². The van der Waals surface area contributed by atoms with Crippen LogP contribution in [0.2, 0.25) is 0 Å². The van der Waals surface area contributed by atoms with Gasteiger partial charge in [0.05, 0.1) is 18.6 Å². The second kappa shape index (κ2) is 23.6. The third-order valence-corrected chi connectivity index (χ3v) is 11.6. The molecule has 2 heterocycles. The molecule has 4 aromatic carbocycles. The first-order valence-corrected chi connectivity index (χ1v) is 23.3. The minimum atomic E-state index is -0.711. The number of nitrogens with one attached hydrogen (secondary N) is 5. The highest BCUT2D eigenvalue weighted by Gasteiger charge is 2.39. The molecule has 19 heteroatoms. The Labute approximate surface area is 408 Å². The van der Waals surface area contributed by atoms with Crippen LogP contribution >= 0.6 is 0 Å². The molecule has 0 aliphatic carbocycles. The molecule has 1 saturated heterocycles. The predicted molar refractivity (Wildman–Crippen MR) is 266 cm³/mol. The fraction of sp³-hybridized carbons (Fsp3) is 0.392. The molecular formula is C51H63N9O10. The van der Waals surface area contributed by atoms with Gasteiger partial charge in [0, 0.05) is 67.6 Å². The lowest BCUT2D eigenvalue weighted by molar-refractivity contribution is -0.139. The van der Waals surface area contributed by atoms with E-state index in [1.165, 1.54) is 0 Å². The van der Waals surface area contributed by atoms with E-state index in [0.717, 1.165) is 12.1 Å². The molecule has 1 fully saturated rings. The number of likely N-dealkylation sites (N-methyl/N-ethyl adjacent to an activating group) is 1. The summed E-state index contributed by atoms with van der Waals surface area (Å²) in [6, 6.07) is 26.1. The van der Waals surface area contributed by atoms with Crippen LogP contribution < -0.4 is 41.1 Å². The van der Waals surface area contributed by atoms with Crippen molar-refractivity contribution in [3.8, 4) is 5.75 Å². The van der Waals surface area contributed by atoms with E-state index in [9.17, 15) is 33.6 Å². The van der Waals surface area contributed by atoms with Gasteiger partial charge in [-0.25, -0.2) is 14.4 Å². The second-order valence-electron chi connectivity index (χ2n) is 18.0. The normalized spacial score (nSPS) is 16.8. The number of ether oxygens (including phenoxy) is 3. The van der Waals surface area contributed by atoms with Gasteiger partial charge in [-0.1, -0.05) is 37.3 Å². The number of fused-ring (bicyclic) bond motifs is 1. The van der Waals surface area contributed by atoms with Crippen LogP contribution in [0.1, 0.15) is 71.6 Å². The zero-order valence-electron chi connectivity index (χ0n) is 40.7. The number of alkyl carbamates (subject to hydrolysis) is 1.